The number of ether oxygens (including phenoxy) is 4. The molecule has 0 aromatic heterocycles. The molecular formula is C70H136O17P2. The molecular weight excluding hydrogens is 1170 g/mol. The van der Waals surface area contributed by atoms with Crippen LogP contribution >= 0.6 is 15.6 Å². The molecule has 0 amide bonds. The first-order chi connectivity index (χ1) is 42.6. The third-order valence-corrected chi connectivity index (χ3v) is 18.3. The van der Waals surface area contributed by atoms with Crippen LogP contribution in [0.1, 0.15) is 344 Å². The topological polar surface area (TPSA) is 237 Å². The number of aliphatic hydroxyl groups excluding tert-OH is 1. The molecule has 0 spiro atoms. The highest BCUT2D eigenvalue weighted by Gasteiger charge is 2.30. The zero-order valence-corrected chi connectivity index (χ0v) is 59.8. The van der Waals surface area contributed by atoms with Gasteiger partial charge in [-0.3, -0.25) is 37.3 Å². The summed E-state index contributed by atoms with van der Waals surface area (Å²) in [4.78, 5) is 72.5. The summed E-state index contributed by atoms with van der Waals surface area (Å²) < 4.78 is 68.2. The van der Waals surface area contributed by atoms with Gasteiger partial charge in [-0.25, -0.2) is 9.13 Å². The van der Waals surface area contributed by atoms with Crippen LogP contribution in [0.15, 0.2) is 0 Å². The van der Waals surface area contributed by atoms with Crippen molar-refractivity contribution in [2.75, 3.05) is 39.6 Å². The number of rotatable bonds is 67. The first-order valence-corrected chi connectivity index (χ1v) is 39.2. The quantitative estimate of drug-likeness (QED) is 0.0222. The van der Waals surface area contributed by atoms with Crippen molar-refractivity contribution in [2.45, 2.75) is 363 Å². The molecule has 3 N–H and O–H groups in total. The van der Waals surface area contributed by atoms with Crippen molar-refractivity contribution in [3.05, 3.63) is 0 Å². The zero-order valence-electron chi connectivity index (χ0n) is 58.1. The first-order valence-electron chi connectivity index (χ1n) is 36.2. The van der Waals surface area contributed by atoms with Gasteiger partial charge in [0.05, 0.1) is 26.4 Å². The number of esters is 4. The average molecular weight is 1310 g/mol. The Morgan fingerprint density at radius 3 is 0.798 bits per heavy atom. The molecule has 17 nitrogen and oxygen atoms in total. The molecule has 0 aromatic rings. The number of hydrogen-bond acceptors (Lipinski definition) is 15. The highest BCUT2D eigenvalue weighted by Crippen LogP contribution is 2.45. The molecule has 528 valence electrons. The van der Waals surface area contributed by atoms with E-state index in [1.807, 2.05) is 0 Å². The van der Waals surface area contributed by atoms with Gasteiger partial charge < -0.3 is 33.8 Å². The number of carbonyl (C=O) groups is 4. The second kappa shape index (κ2) is 59.8. The number of carbonyl (C=O) groups excluding carboxylic acids is 4. The van der Waals surface area contributed by atoms with Gasteiger partial charge in [0.25, 0.3) is 0 Å². The van der Waals surface area contributed by atoms with E-state index in [1.54, 1.807) is 0 Å². The SMILES string of the molecule is CCC(C)CCCCCCCCCCC(=O)O[C@H](COC(=O)CCCCCCCCC(C)C)COP(=O)(O)OC[C@H](O)COP(=O)(O)OC[C@@H](COC(=O)CCCCCCCCCCC(C)C)OC(=O)CCCCCCCCCCCCCCCCC(C)C. The van der Waals surface area contributed by atoms with Crippen LogP contribution < -0.4 is 0 Å². The van der Waals surface area contributed by atoms with Crippen molar-refractivity contribution in [3.8, 4) is 0 Å². The molecule has 0 saturated heterocycles. The number of phosphoric ester groups is 2. The Kier molecular flexibility index (Phi) is 58.5. The molecule has 0 aliphatic heterocycles. The lowest BCUT2D eigenvalue weighted by molar-refractivity contribution is -0.161. The monoisotopic (exact) mass is 1310 g/mol. The fourth-order valence-electron chi connectivity index (χ4n) is 10.5. The Hall–Kier alpha value is -1.94. The summed E-state index contributed by atoms with van der Waals surface area (Å²) in [7, 11) is -9.90. The molecule has 0 saturated carbocycles. The number of unbranched alkanes of at least 4 members (excludes halogenated alkanes) is 32. The maximum Gasteiger partial charge on any atom is 0.472 e. The van der Waals surface area contributed by atoms with Gasteiger partial charge in [0.1, 0.15) is 19.3 Å². The molecule has 0 fully saturated rings. The minimum Gasteiger partial charge on any atom is -0.462 e. The second-order valence-corrected chi connectivity index (χ2v) is 29.8. The van der Waals surface area contributed by atoms with E-state index >= 15 is 0 Å². The maximum atomic E-state index is 13.0. The molecule has 0 aromatic carbocycles. The average Bonchev–Trinajstić information content (AvgIpc) is 3.70. The lowest BCUT2D eigenvalue weighted by Gasteiger charge is -2.21. The first kappa shape index (κ1) is 87.1. The van der Waals surface area contributed by atoms with E-state index < -0.39 is 97.5 Å². The van der Waals surface area contributed by atoms with Crippen molar-refractivity contribution in [1.82, 2.24) is 0 Å². The fourth-order valence-corrected chi connectivity index (χ4v) is 12.0. The van der Waals surface area contributed by atoms with Crippen molar-refractivity contribution in [2.24, 2.45) is 23.7 Å². The van der Waals surface area contributed by atoms with Crippen molar-refractivity contribution < 1.29 is 80.2 Å². The Balaban J connectivity index is 5.24. The van der Waals surface area contributed by atoms with Gasteiger partial charge in [-0.1, -0.05) is 293 Å². The molecule has 0 radical (unpaired) electrons. The molecule has 0 bridgehead atoms. The summed E-state index contributed by atoms with van der Waals surface area (Å²) in [5.74, 6) is 0.838. The number of hydrogen-bond donors (Lipinski definition) is 3. The Morgan fingerprint density at radius 1 is 0.315 bits per heavy atom. The molecule has 0 aliphatic rings. The lowest BCUT2D eigenvalue weighted by Crippen LogP contribution is -2.30. The van der Waals surface area contributed by atoms with Crippen molar-refractivity contribution >= 4 is 39.5 Å². The van der Waals surface area contributed by atoms with Gasteiger partial charge in [0, 0.05) is 25.7 Å². The number of phosphoric acid groups is 2. The Morgan fingerprint density at radius 2 is 0.539 bits per heavy atom. The van der Waals surface area contributed by atoms with Crippen LogP contribution in [0.5, 0.6) is 0 Å². The molecule has 3 unspecified atom stereocenters. The van der Waals surface area contributed by atoms with Crippen LogP contribution in [-0.2, 0) is 65.4 Å². The third kappa shape index (κ3) is 63.2. The summed E-state index contributed by atoms with van der Waals surface area (Å²) in [6.07, 6.45) is 41.8. The minimum absolute atomic E-state index is 0.103. The summed E-state index contributed by atoms with van der Waals surface area (Å²) in [6, 6.07) is 0. The Bertz CT molecular complexity index is 1770. The van der Waals surface area contributed by atoms with Crippen LogP contribution in [0, 0.1) is 23.7 Å². The summed E-state index contributed by atoms with van der Waals surface area (Å²) in [6.45, 7) is 14.0. The molecule has 19 heteroatoms. The van der Waals surface area contributed by atoms with E-state index in [2.05, 4.69) is 55.4 Å². The van der Waals surface area contributed by atoms with E-state index in [9.17, 15) is 43.2 Å². The Labute approximate surface area is 543 Å². The van der Waals surface area contributed by atoms with E-state index in [0.717, 1.165) is 114 Å². The van der Waals surface area contributed by atoms with Gasteiger partial charge in [-0.15, -0.1) is 0 Å². The van der Waals surface area contributed by atoms with Crippen molar-refractivity contribution in [3.63, 3.8) is 0 Å². The van der Waals surface area contributed by atoms with Gasteiger partial charge >= 0.3 is 39.5 Å². The van der Waals surface area contributed by atoms with E-state index in [4.69, 9.17) is 37.0 Å². The summed E-state index contributed by atoms with van der Waals surface area (Å²) in [5.41, 5.74) is 0. The van der Waals surface area contributed by atoms with Crippen LogP contribution in [0.3, 0.4) is 0 Å². The smallest absolute Gasteiger partial charge is 0.462 e. The van der Waals surface area contributed by atoms with Gasteiger partial charge in [0.2, 0.25) is 0 Å². The highest BCUT2D eigenvalue weighted by atomic mass is 31.2. The minimum atomic E-state index is -4.95. The summed E-state index contributed by atoms with van der Waals surface area (Å²) in [5, 5.41) is 10.6. The van der Waals surface area contributed by atoms with Crippen LogP contribution in [0.25, 0.3) is 0 Å². The van der Waals surface area contributed by atoms with Crippen LogP contribution in [0.2, 0.25) is 0 Å². The molecule has 0 aliphatic carbocycles. The zero-order chi connectivity index (χ0) is 66.1. The van der Waals surface area contributed by atoms with Crippen LogP contribution in [0.4, 0.5) is 0 Å². The second-order valence-electron chi connectivity index (χ2n) is 26.9. The normalized spacial score (nSPS) is 14.6. The maximum absolute atomic E-state index is 13.0. The fraction of sp³-hybridized carbons (Fsp3) is 0.943. The predicted molar refractivity (Wildman–Crippen MR) is 358 cm³/mol. The third-order valence-electron chi connectivity index (χ3n) is 16.4. The highest BCUT2D eigenvalue weighted by molar-refractivity contribution is 7.47. The molecule has 89 heavy (non-hydrogen) atoms. The predicted octanol–water partition coefficient (Wildman–Crippen LogP) is 19.7. The standard InChI is InChI=1S/C70H136O17P2/c1-9-63(8)49-41-33-24-19-21-27-37-45-53-70(75)87-66(57-81-68(73)51-43-35-29-28-32-40-48-62(6)7)59-85-89(78,79)83-55-64(71)54-82-88(76,77)84-58-65(56-80-67(72)50-42-34-25-20-18-23-31-39-47-61(4)5)86-69(74)52-44-36-26-17-15-13-11-10-12-14-16-22-30-38-46-60(2)3/h60-66,71H,9-59H2,1-8H3,(H,76,77)(H,78,79)/t63?,64-,65-,66-/m1/s1. The van der Waals surface area contributed by atoms with E-state index in [-0.39, 0.29) is 25.7 Å². The van der Waals surface area contributed by atoms with Crippen LogP contribution in [-0.4, -0.2) is 96.7 Å². The van der Waals surface area contributed by atoms with Gasteiger partial charge in [-0.05, 0) is 49.4 Å². The summed E-state index contributed by atoms with van der Waals surface area (Å²) >= 11 is 0. The number of aliphatic hydroxyl groups is 1. The molecule has 0 rings (SSSR count). The van der Waals surface area contributed by atoms with Gasteiger partial charge in [-0.2, -0.15) is 0 Å². The largest absolute Gasteiger partial charge is 0.472 e. The molecule has 0 heterocycles. The van der Waals surface area contributed by atoms with E-state index in [0.29, 0.717) is 31.6 Å². The lowest BCUT2D eigenvalue weighted by atomic mass is 9.99. The van der Waals surface area contributed by atoms with Crippen molar-refractivity contribution in [1.29, 1.82) is 0 Å². The molecule has 6 atom stereocenters. The van der Waals surface area contributed by atoms with Gasteiger partial charge in [0.15, 0.2) is 12.2 Å². The van der Waals surface area contributed by atoms with E-state index in [1.165, 1.54) is 141 Å².